The predicted molar refractivity (Wildman–Crippen MR) is 186 cm³/mol. The Kier molecular flexibility index (Phi) is 6.34. The van der Waals surface area contributed by atoms with Crippen molar-refractivity contribution in [2.45, 2.75) is 7.43 Å². The SMILES string of the molecule is C.O=c1c2cc3c(=O)oc(=O)c3cc2oc2cc3c(=O)oc(=O)c3cc12.O=c1c2cc3c(=O)oc(=O)c3cc2sc2cc3c(=O)oc(=O)c3cc12. The minimum absolute atomic E-state index is 0. The van der Waals surface area contributed by atoms with E-state index in [2.05, 4.69) is 17.7 Å². The summed E-state index contributed by atoms with van der Waals surface area (Å²) in [6.07, 6.45) is 0. The fourth-order valence-corrected chi connectivity index (χ4v) is 7.14. The molecule has 0 radical (unpaired) electrons. The zero-order valence-electron chi connectivity index (χ0n) is 24.2. The molecular weight excluding hydrogens is 692 g/mol. The van der Waals surface area contributed by atoms with Gasteiger partial charge in [0.1, 0.15) is 11.2 Å². The minimum atomic E-state index is -0.843. The van der Waals surface area contributed by atoms with Gasteiger partial charge in [-0.15, -0.1) is 11.3 Å². The largest absolute Gasteiger partial charge is 0.456 e. The highest BCUT2D eigenvalue weighted by Crippen LogP contribution is 2.29. The zero-order chi connectivity index (χ0) is 34.9. The lowest BCUT2D eigenvalue weighted by atomic mass is 10.1. The molecule has 51 heavy (non-hydrogen) atoms. The summed E-state index contributed by atoms with van der Waals surface area (Å²) in [5, 5.41) is 0.791. The van der Waals surface area contributed by atoms with Crippen molar-refractivity contribution in [2.24, 2.45) is 0 Å². The van der Waals surface area contributed by atoms with Crippen LogP contribution in [0.15, 0.2) is 119 Å². The third-order valence-corrected chi connectivity index (χ3v) is 9.51. The van der Waals surface area contributed by atoms with Crippen molar-refractivity contribution in [1.82, 2.24) is 0 Å². The quantitative estimate of drug-likeness (QED) is 0.206. The molecule has 0 saturated heterocycles. The molecule has 6 heterocycles. The van der Waals surface area contributed by atoms with E-state index in [0.717, 1.165) is 0 Å². The lowest BCUT2D eigenvalue weighted by Gasteiger charge is -2.01. The lowest BCUT2D eigenvalue weighted by Crippen LogP contribution is -2.04. The Morgan fingerprint density at radius 1 is 0.294 bits per heavy atom. The number of fused-ring (bicyclic) bond motifs is 8. The zero-order valence-corrected chi connectivity index (χ0v) is 25.0. The van der Waals surface area contributed by atoms with Gasteiger partial charge in [-0.2, -0.15) is 0 Å². The summed E-state index contributed by atoms with van der Waals surface area (Å²) in [6.45, 7) is 0. The highest BCUT2D eigenvalue weighted by atomic mass is 32.1. The average Bonchev–Trinajstić information content (AvgIpc) is 3.73. The molecular formula is C35H12O15S. The fraction of sp³-hybridized carbons (Fsp3) is 0.0286. The van der Waals surface area contributed by atoms with Crippen LogP contribution in [0.4, 0.5) is 0 Å². The molecule has 10 rings (SSSR count). The Hall–Kier alpha value is -7.20. The molecule has 0 aliphatic carbocycles. The topological polar surface area (TPSA) is 236 Å². The van der Waals surface area contributed by atoms with Crippen LogP contribution in [0.3, 0.4) is 0 Å². The summed E-state index contributed by atoms with van der Waals surface area (Å²) < 4.78 is 24.7. The molecule has 16 heteroatoms. The van der Waals surface area contributed by atoms with E-state index in [1.165, 1.54) is 59.9 Å². The van der Waals surface area contributed by atoms with Crippen molar-refractivity contribution in [3.05, 3.63) is 152 Å². The molecule has 248 valence electrons. The van der Waals surface area contributed by atoms with Crippen LogP contribution in [-0.4, -0.2) is 0 Å². The standard InChI is InChI=1S/C17H4O8.C17H4O7S.CH4/c18-13-9-1-5-7(16(21)24-14(5)19)3-11(9)23-12-4-8-6(2-10(12)13)15(20)25-17(8)22;18-13-9-1-5-7(16(21)23-14(5)19)3-11(9)25-12-4-8-6(2-10(12)13)15(20)24-17(8)22;/h2*1-4H;1H4. The maximum absolute atomic E-state index is 12.8. The first-order valence-electron chi connectivity index (χ1n) is 14.1. The van der Waals surface area contributed by atoms with Gasteiger partial charge in [0.2, 0.25) is 5.43 Å². The second-order valence-corrected chi connectivity index (χ2v) is 12.2. The summed E-state index contributed by atoms with van der Waals surface area (Å²) in [7, 11) is 0. The Balaban J connectivity index is 0.000000144. The Morgan fingerprint density at radius 3 is 0.882 bits per heavy atom. The Bertz CT molecular complexity index is 3290. The van der Waals surface area contributed by atoms with Crippen LogP contribution in [0.1, 0.15) is 7.43 Å². The van der Waals surface area contributed by atoms with E-state index in [9.17, 15) is 47.9 Å². The van der Waals surface area contributed by atoms with E-state index < -0.39 is 55.9 Å². The van der Waals surface area contributed by atoms with Gasteiger partial charge in [0.05, 0.1) is 53.9 Å². The molecule has 15 nitrogen and oxygen atoms in total. The van der Waals surface area contributed by atoms with Gasteiger partial charge in [0.15, 0.2) is 5.43 Å². The van der Waals surface area contributed by atoms with Crippen molar-refractivity contribution < 1.29 is 22.1 Å². The molecule has 4 aromatic carbocycles. The summed E-state index contributed by atoms with van der Waals surface area (Å²) in [6, 6.07) is 10.4. The molecule has 0 amide bonds. The van der Waals surface area contributed by atoms with Gasteiger partial charge in [0, 0.05) is 20.2 Å². The normalized spacial score (nSPS) is 11.8. The monoisotopic (exact) mass is 704 g/mol. The lowest BCUT2D eigenvalue weighted by molar-refractivity contribution is 0.499. The van der Waals surface area contributed by atoms with E-state index in [1.54, 1.807) is 0 Å². The molecule has 0 atom stereocenters. The Morgan fingerprint density at radius 2 is 0.549 bits per heavy atom. The van der Waals surface area contributed by atoms with Gasteiger partial charge in [0.25, 0.3) is 0 Å². The fourth-order valence-electron chi connectivity index (χ4n) is 6.02. The van der Waals surface area contributed by atoms with Crippen molar-refractivity contribution in [1.29, 1.82) is 0 Å². The summed E-state index contributed by atoms with van der Waals surface area (Å²) in [5.74, 6) is 0. The second kappa shape index (κ2) is 10.4. The molecule has 0 saturated carbocycles. The first kappa shape index (κ1) is 31.1. The molecule has 0 N–H and O–H groups in total. The van der Waals surface area contributed by atoms with E-state index in [-0.39, 0.29) is 83.2 Å². The second-order valence-electron chi connectivity index (χ2n) is 11.1. The minimum Gasteiger partial charge on any atom is -0.456 e. The molecule has 0 spiro atoms. The van der Waals surface area contributed by atoms with Crippen LogP contribution in [-0.2, 0) is 0 Å². The summed E-state index contributed by atoms with van der Waals surface area (Å²) in [4.78, 5) is 119. The van der Waals surface area contributed by atoms with Crippen LogP contribution < -0.4 is 55.9 Å². The van der Waals surface area contributed by atoms with Gasteiger partial charge in [-0.25, -0.2) is 38.4 Å². The maximum Gasteiger partial charge on any atom is 0.347 e. The predicted octanol–water partition coefficient (Wildman–Crippen LogP) is 2.61. The third-order valence-electron chi connectivity index (χ3n) is 8.40. The first-order valence-corrected chi connectivity index (χ1v) is 14.9. The van der Waals surface area contributed by atoms with E-state index >= 15 is 0 Å². The third kappa shape index (κ3) is 4.29. The number of hydrogen-bond donors (Lipinski definition) is 0. The molecule has 0 fully saturated rings. The van der Waals surface area contributed by atoms with Crippen LogP contribution in [0.5, 0.6) is 0 Å². The molecule has 10 aromatic rings. The van der Waals surface area contributed by atoms with Gasteiger partial charge in [-0.05, 0) is 48.5 Å². The Labute approximate surface area is 278 Å². The van der Waals surface area contributed by atoms with E-state index in [1.807, 2.05) is 0 Å². The molecule has 0 aliphatic heterocycles. The number of benzene rings is 4. The van der Waals surface area contributed by atoms with Crippen LogP contribution in [0.25, 0.3) is 85.2 Å². The van der Waals surface area contributed by atoms with Crippen molar-refractivity contribution in [2.75, 3.05) is 0 Å². The number of rotatable bonds is 0. The van der Waals surface area contributed by atoms with E-state index in [4.69, 9.17) is 4.42 Å². The smallest absolute Gasteiger partial charge is 0.347 e. The van der Waals surface area contributed by atoms with Gasteiger partial charge in [-0.1, -0.05) is 7.43 Å². The summed E-state index contributed by atoms with van der Waals surface area (Å²) in [5.41, 5.74) is -7.26. The molecule has 0 bridgehead atoms. The van der Waals surface area contributed by atoms with Gasteiger partial charge in [-0.3, -0.25) is 9.59 Å². The summed E-state index contributed by atoms with van der Waals surface area (Å²) >= 11 is 1.17. The van der Waals surface area contributed by atoms with Crippen LogP contribution >= 0.6 is 11.3 Å². The highest BCUT2D eigenvalue weighted by Gasteiger charge is 2.19. The number of furan rings is 4. The van der Waals surface area contributed by atoms with Crippen molar-refractivity contribution in [3.8, 4) is 0 Å². The van der Waals surface area contributed by atoms with E-state index in [0.29, 0.717) is 9.40 Å². The average molecular weight is 705 g/mol. The van der Waals surface area contributed by atoms with Crippen molar-refractivity contribution in [3.63, 3.8) is 0 Å². The van der Waals surface area contributed by atoms with Crippen LogP contribution in [0.2, 0.25) is 0 Å². The number of hydrogen-bond acceptors (Lipinski definition) is 16. The van der Waals surface area contributed by atoms with Gasteiger partial charge >= 0.3 is 45.0 Å². The molecule has 0 aliphatic rings. The van der Waals surface area contributed by atoms with Crippen molar-refractivity contribution >= 4 is 96.5 Å². The van der Waals surface area contributed by atoms with Gasteiger partial charge < -0.3 is 22.1 Å². The molecule has 0 unspecified atom stereocenters. The maximum atomic E-state index is 12.8. The van der Waals surface area contributed by atoms with Crippen LogP contribution in [0, 0.1) is 0 Å². The highest BCUT2D eigenvalue weighted by molar-refractivity contribution is 7.24. The molecule has 6 aromatic heterocycles. The first-order chi connectivity index (χ1) is 23.9.